The molecule has 0 saturated heterocycles. The largest absolute Gasteiger partial charge is 0.395 e. The van der Waals surface area contributed by atoms with E-state index in [1.54, 1.807) is 13.8 Å². The van der Waals surface area contributed by atoms with Gasteiger partial charge in [0.05, 0.1) is 18.1 Å². The van der Waals surface area contributed by atoms with E-state index in [4.69, 9.17) is 10.4 Å². The van der Waals surface area contributed by atoms with Crippen molar-refractivity contribution in [2.45, 2.75) is 19.3 Å². The maximum atomic E-state index is 13.6. The molecule has 0 aromatic heterocycles. The molecule has 1 amide bonds. The predicted molar refractivity (Wildman–Crippen MR) is 64.5 cm³/mol. The second kappa shape index (κ2) is 5.61. The van der Waals surface area contributed by atoms with Crippen LogP contribution in [0.15, 0.2) is 18.2 Å². The summed E-state index contributed by atoms with van der Waals surface area (Å²) in [5, 5.41) is 20.1. The molecule has 0 fully saturated rings. The molecule has 5 heteroatoms. The quantitative estimate of drug-likeness (QED) is 0.847. The Morgan fingerprint density at radius 3 is 2.78 bits per heavy atom. The molecule has 0 radical (unpaired) electrons. The summed E-state index contributed by atoms with van der Waals surface area (Å²) >= 11 is 0. The van der Waals surface area contributed by atoms with Crippen molar-refractivity contribution < 1.29 is 14.3 Å². The van der Waals surface area contributed by atoms with E-state index in [2.05, 4.69) is 5.32 Å². The number of rotatable bonds is 4. The van der Waals surface area contributed by atoms with Gasteiger partial charge in [0, 0.05) is 17.7 Å². The van der Waals surface area contributed by atoms with Gasteiger partial charge in [-0.1, -0.05) is 0 Å². The van der Waals surface area contributed by atoms with Crippen molar-refractivity contribution in [1.29, 1.82) is 5.26 Å². The first-order chi connectivity index (χ1) is 8.42. The molecular formula is C13H15FN2O2. The number of amides is 1. The summed E-state index contributed by atoms with van der Waals surface area (Å²) < 4.78 is 13.6. The third kappa shape index (κ3) is 3.05. The summed E-state index contributed by atoms with van der Waals surface area (Å²) in [6.45, 7) is 3.14. The van der Waals surface area contributed by atoms with Crippen molar-refractivity contribution in [3.63, 3.8) is 0 Å². The molecule has 4 nitrogen and oxygen atoms in total. The van der Waals surface area contributed by atoms with Gasteiger partial charge >= 0.3 is 0 Å². The average Bonchev–Trinajstić information content (AvgIpc) is 2.36. The lowest BCUT2D eigenvalue weighted by Crippen LogP contribution is -2.27. The summed E-state index contributed by atoms with van der Waals surface area (Å²) in [5.74, 6) is -0.917. The van der Waals surface area contributed by atoms with Crippen LogP contribution in [-0.2, 0) is 5.41 Å². The van der Waals surface area contributed by atoms with Crippen LogP contribution >= 0.6 is 0 Å². The molecule has 2 N–H and O–H groups in total. The molecule has 0 aliphatic carbocycles. The third-order valence-corrected chi connectivity index (χ3v) is 2.58. The van der Waals surface area contributed by atoms with Crippen molar-refractivity contribution in [1.82, 2.24) is 5.32 Å². The lowest BCUT2D eigenvalue weighted by atomic mass is 9.85. The van der Waals surface area contributed by atoms with Gasteiger partial charge in [-0.25, -0.2) is 4.39 Å². The first kappa shape index (κ1) is 14.1. The molecule has 0 unspecified atom stereocenters. The summed E-state index contributed by atoms with van der Waals surface area (Å²) in [5.41, 5.74) is -0.554. The number of aliphatic hydroxyl groups excluding tert-OH is 1. The lowest BCUT2D eigenvalue weighted by molar-refractivity contribution is 0.0944. The fourth-order valence-corrected chi connectivity index (χ4v) is 1.48. The van der Waals surface area contributed by atoms with Crippen LogP contribution in [0.25, 0.3) is 0 Å². The van der Waals surface area contributed by atoms with E-state index in [1.807, 2.05) is 6.07 Å². The number of nitriles is 1. The minimum atomic E-state index is -1.00. The van der Waals surface area contributed by atoms with Crippen LogP contribution in [-0.4, -0.2) is 24.2 Å². The van der Waals surface area contributed by atoms with E-state index >= 15 is 0 Å². The molecular weight excluding hydrogens is 235 g/mol. The maximum Gasteiger partial charge on any atom is 0.251 e. The highest BCUT2D eigenvalue weighted by atomic mass is 19.1. The van der Waals surface area contributed by atoms with Crippen LogP contribution in [0.3, 0.4) is 0 Å². The summed E-state index contributed by atoms with van der Waals surface area (Å²) in [6, 6.07) is 5.88. The molecule has 1 aromatic carbocycles. The van der Waals surface area contributed by atoms with Gasteiger partial charge in [0.1, 0.15) is 5.82 Å². The van der Waals surface area contributed by atoms with Crippen LogP contribution in [0.1, 0.15) is 29.8 Å². The number of hydrogen-bond acceptors (Lipinski definition) is 3. The SMILES string of the molecule is CC(C)(C#N)c1cc(C(=O)NCCO)ccc1F. The Morgan fingerprint density at radius 1 is 1.56 bits per heavy atom. The van der Waals surface area contributed by atoms with E-state index in [0.29, 0.717) is 0 Å². The molecule has 0 heterocycles. The summed E-state index contributed by atoms with van der Waals surface area (Å²) in [6.07, 6.45) is 0. The van der Waals surface area contributed by atoms with Crippen molar-refractivity contribution >= 4 is 5.91 Å². The van der Waals surface area contributed by atoms with E-state index in [-0.39, 0.29) is 24.3 Å². The highest BCUT2D eigenvalue weighted by molar-refractivity contribution is 5.94. The number of halogens is 1. The second-order valence-electron chi connectivity index (χ2n) is 4.41. The number of carbonyl (C=O) groups is 1. The molecule has 1 aromatic rings. The topological polar surface area (TPSA) is 73.1 Å². The zero-order valence-corrected chi connectivity index (χ0v) is 10.3. The van der Waals surface area contributed by atoms with Gasteiger partial charge in [0.15, 0.2) is 0 Å². The van der Waals surface area contributed by atoms with Gasteiger partial charge in [0.2, 0.25) is 0 Å². The standard InChI is InChI=1S/C13H15FN2O2/c1-13(2,8-15)10-7-9(3-4-11(10)14)12(18)16-5-6-17/h3-4,7,17H,5-6H2,1-2H3,(H,16,18). The Hall–Kier alpha value is -1.93. The van der Waals surface area contributed by atoms with Gasteiger partial charge in [-0.3, -0.25) is 4.79 Å². The molecule has 0 bridgehead atoms. The van der Waals surface area contributed by atoms with E-state index < -0.39 is 17.1 Å². The molecule has 18 heavy (non-hydrogen) atoms. The van der Waals surface area contributed by atoms with Crippen LogP contribution in [0.4, 0.5) is 4.39 Å². The fraction of sp³-hybridized carbons (Fsp3) is 0.385. The van der Waals surface area contributed by atoms with Crippen molar-refractivity contribution in [3.05, 3.63) is 35.1 Å². The number of aliphatic hydroxyl groups is 1. The first-order valence-corrected chi connectivity index (χ1v) is 5.52. The summed E-state index contributed by atoms with van der Waals surface area (Å²) in [7, 11) is 0. The third-order valence-electron chi connectivity index (χ3n) is 2.58. The minimum Gasteiger partial charge on any atom is -0.395 e. The molecule has 96 valence electrons. The van der Waals surface area contributed by atoms with Crippen molar-refractivity contribution in [2.24, 2.45) is 0 Å². The zero-order chi connectivity index (χ0) is 13.8. The zero-order valence-electron chi connectivity index (χ0n) is 10.3. The van der Waals surface area contributed by atoms with Gasteiger partial charge in [-0.05, 0) is 32.0 Å². The van der Waals surface area contributed by atoms with Crippen LogP contribution in [0.5, 0.6) is 0 Å². The monoisotopic (exact) mass is 250 g/mol. The number of carbonyl (C=O) groups excluding carboxylic acids is 1. The molecule has 0 spiro atoms. The Kier molecular flexibility index (Phi) is 4.40. The van der Waals surface area contributed by atoms with Crippen LogP contribution in [0.2, 0.25) is 0 Å². The smallest absolute Gasteiger partial charge is 0.251 e. The highest BCUT2D eigenvalue weighted by Crippen LogP contribution is 2.25. The Bertz CT molecular complexity index is 492. The van der Waals surface area contributed by atoms with E-state index in [1.165, 1.54) is 18.2 Å². The van der Waals surface area contributed by atoms with E-state index in [0.717, 1.165) is 0 Å². The van der Waals surface area contributed by atoms with Crippen LogP contribution < -0.4 is 5.32 Å². The molecule has 0 saturated carbocycles. The number of nitrogens with zero attached hydrogens (tertiary/aromatic N) is 1. The lowest BCUT2D eigenvalue weighted by Gasteiger charge is -2.17. The van der Waals surface area contributed by atoms with Gasteiger partial charge in [-0.2, -0.15) is 5.26 Å². The fourth-order valence-electron chi connectivity index (χ4n) is 1.48. The minimum absolute atomic E-state index is 0.132. The van der Waals surface area contributed by atoms with E-state index in [9.17, 15) is 9.18 Å². The predicted octanol–water partition coefficient (Wildman–Crippen LogP) is 1.35. The van der Waals surface area contributed by atoms with Crippen LogP contribution in [0, 0.1) is 17.1 Å². The first-order valence-electron chi connectivity index (χ1n) is 5.52. The number of hydrogen-bond donors (Lipinski definition) is 2. The highest BCUT2D eigenvalue weighted by Gasteiger charge is 2.24. The van der Waals surface area contributed by atoms with Crippen molar-refractivity contribution in [2.75, 3.05) is 13.2 Å². The Morgan fingerprint density at radius 2 is 2.22 bits per heavy atom. The number of nitrogens with one attached hydrogen (secondary N) is 1. The molecule has 0 aliphatic rings. The van der Waals surface area contributed by atoms with Gasteiger partial charge in [0.25, 0.3) is 5.91 Å². The summed E-state index contributed by atoms with van der Waals surface area (Å²) in [4.78, 5) is 11.7. The normalized spacial score (nSPS) is 10.8. The average molecular weight is 250 g/mol. The van der Waals surface area contributed by atoms with Gasteiger partial charge < -0.3 is 10.4 Å². The Balaban J connectivity index is 3.09. The molecule has 0 aliphatic heterocycles. The maximum absolute atomic E-state index is 13.6. The second-order valence-corrected chi connectivity index (χ2v) is 4.41. The Labute approximate surface area is 105 Å². The number of benzene rings is 1. The van der Waals surface area contributed by atoms with Gasteiger partial charge in [-0.15, -0.1) is 0 Å². The molecule has 1 rings (SSSR count). The molecule has 0 atom stereocenters. The van der Waals surface area contributed by atoms with Crippen molar-refractivity contribution in [3.8, 4) is 6.07 Å².